The zero-order valence-corrected chi connectivity index (χ0v) is 18.4. The van der Waals surface area contributed by atoms with Crippen molar-refractivity contribution in [1.82, 2.24) is 15.3 Å². The molecule has 1 aromatic heterocycles. The SMILES string of the molecule is CNCC(O)COc1cccc(-c2nc(NC3CCOCC3)c(C=N)c(NC3CC3)n2)c1. The van der Waals surface area contributed by atoms with Crippen LogP contribution in [-0.2, 0) is 4.74 Å². The number of nitrogens with one attached hydrogen (secondary N) is 4. The number of rotatable bonds is 11. The second-order valence-electron chi connectivity index (χ2n) is 8.30. The fourth-order valence-electron chi connectivity index (χ4n) is 3.62. The highest BCUT2D eigenvalue weighted by molar-refractivity contribution is 5.91. The van der Waals surface area contributed by atoms with Crippen molar-refractivity contribution in [1.29, 1.82) is 5.41 Å². The molecule has 1 aromatic carbocycles. The summed E-state index contributed by atoms with van der Waals surface area (Å²) in [4.78, 5) is 9.55. The van der Waals surface area contributed by atoms with E-state index in [0.29, 0.717) is 41.4 Å². The van der Waals surface area contributed by atoms with Crippen molar-refractivity contribution in [2.45, 2.75) is 43.9 Å². The molecule has 4 rings (SSSR count). The van der Waals surface area contributed by atoms with Crippen LogP contribution < -0.4 is 20.7 Å². The quantitative estimate of drug-likeness (QED) is 0.337. The third-order valence-electron chi connectivity index (χ3n) is 5.54. The van der Waals surface area contributed by atoms with Gasteiger partial charge in [-0.15, -0.1) is 0 Å². The minimum absolute atomic E-state index is 0.197. The predicted molar refractivity (Wildman–Crippen MR) is 125 cm³/mol. The fraction of sp³-hybridized carbons (Fsp3) is 0.522. The van der Waals surface area contributed by atoms with Crippen LogP contribution in [0.3, 0.4) is 0 Å². The number of ether oxygens (including phenoxy) is 2. The molecule has 2 heterocycles. The summed E-state index contributed by atoms with van der Waals surface area (Å²) in [6.07, 6.45) is 4.76. The van der Waals surface area contributed by atoms with E-state index >= 15 is 0 Å². The molecule has 2 aliphatic rings. The number of nitrogens with zero attached hydrogens (tertiary/aromatic N) is 2. The Balaban J connectivity index is 1.61. The molecule has 1 aliphatic heterocycles. The highest BCUT2D eigenvalue weighted by atomic mass is 16.5. The van der Waals surface area contributed by atoms with Crippen molar-refractivity contribution in [2.75, 3.05) is 44.0 Å². The zero-order chi connectivity index (χ0) is 22.3. The van der Waals surface area contributed by atoms with Crippen molar-refractivity contribution in [3.05, 3.63) is 29.8 Å². The first kappa shape index (κ1) is 22.4. The molecule has 1 saturated heterocycles. The summed E-state index contributed by atoms with van der Waals surface area (Å²) in [5.41, 5.74) is 1.49. The van der Waals surface area contributed by atoms with Gasteiger partial charge in [0, 0.05) is 43.6 Å². The van der Waals surface area contributed by atoms with Gasteiger partial charge in [-0.05, 0) is 44.9 Å². The third kappa shape index (κ3) is 5.93. The first-order valence-corrected chi connectivity index (χ1v) is 11.3. The smallest absolute Gasteiger partial charge is 0.164 e. The molecule has 2 fully saturated rings. The lowest BCUT2D eigenvalue weighted by Crippen LogP contribution is -2.29. The maximum Gasteiger partial charge on any atom is 0.164 e. The number of aliphatic hydroxyl groups excluding tert-OH is 1. The van der Waals surface area contributed by atoms with Crippen molar-refractivity contribution in [3.63, 3.8) is 0 Å². The van der Waals surface area contributed by atoms with Gasteiger partial charge in [0.05, 0.1) is 5.56 Å². The molecule has 32 heavy (non-hydrogen) atoms. The van der Waals surface area contributed by atoms with E-state index < -0.39 is 6.10 Å². The Hall–Kier alpha value is -2.75. The maximum atomic E-state index is 9.91. The van der Waals surface area contributed by atoms with Gasteiger partial charge in [0.1, 0.15) is 30.1 Å². The molecule has 0 radical (unpaired) electrons. The molecule has 1 saturated carbocycles. The molecule has 2 aromatic rings. The minimum Gasteiger partial charge on any atom is -0.491 e. The van der Waals surface area contributed by atoms with Gasteiger partial charge in [0.2, 0.25) is 0 Å². The summed E-state index contributed by atoms with van der Waals surface area (Å²) in [6, 6.07) is 8.22. The standard InChI is InChI=1S/C23H32N6O3/c1-25-13-18(30)14-32-19-4-2-3-15(11-19)21-28-22(26-16-5-6-16)20(12-24)23(29-21)27-17-7-9-31-10-8-17/h2-4,11-12,16-18,24-25,30H,5-10,13-14H2,1H3,(H2,26,27,28,29). The van der Waals surface area contributed by atoms with E-state index in [-0.39, 0.29) is 12.6 Å². The van der Waals surface area contributed by atoms with E-state index in [2.05, 4.69) is 16.0 Å². The molecule has 172 valence electrons. The summed E-state index contributed by atoms with van der Waals surface area (Å²) in [5.74, 6) is 2.55. The van der Waals surface area contributed by atoms with E-state index in [4.69, 9.17) is 24.9 Å². The van der Waals surface area contributed by atoms with Crippen LogP contribution >= 0.6 is 0 Å². The lowest BCUT2D eigenvalue weighted by atomic mass is 10.1. The maximum absolute atomic E-state index is 9.91. The summed E-state index contributed by atoms with van der Waals surface area (Å²) in [6.45, 7) is 2.11. The monoisotopic (exact) mass is 440 g/mol. The summed E-state index contributed by atoms with van der Waals surface area (Å²) in [7, 11) is 1.79. The van der Waals surface area contributed by atoms with Crippen LogP contribution in [0.25, 0.3) is 11.4 Å². The number of likely N-dealkylation sites (N-methyl/N-ethyl adjacent to an activating group) is 1. The average Bonchev–Trinajstić information content (AvgIpc) is 3.63. The van der Waals surface area contributed by atoms with E-state index in [9.17, 15) is 5.11 Å². The van der Waals surface area contributed by atoms with Gasteiger partial charge in [0.25, 0.3) is 0 Å². The van der Waals surface area contributed by atoms with Gasteiger partial charge in [-0.1, -0.05) is 12.1 Å². The number of hydrogen-bond donors (Lipinski definition) is 5. The highest BCUT2D eigenvalue weighted by Gasteiger charge is 2.25. The van der Waals surface area contributed by atoms with Crippen LogP contribution in [0, 0.1) is 5.41 Å². The first-order valence-electron chi connectivity index (χ1n) is 11.3. The van der Waals surface area contributed by atoms with Crippen molar-refractivity contribution in [3.8, 4) is 17.1 Å². The Morgan fingerprint density at radius 1 is 1.16 bits per heavy atom. The Kier molecular flexibility index (Phi) is 7.51. The van der Waals surface area contributed by atoms with E-state index in [1.165, 1.54) is 6.21 Å². The van der Waals surface area contributed by atoms with Crippen LogP contribution in [0.2, 0.25) is 0 Å². The largest absolute Gasteiger partial charge is 0.491 e. The average molecular weight is 441 g/mol. The molecular formula is C23H32N6O3. The second-order valence-corrected chi connectivity index (χ2v) is 8.30. The zero-order valence-electron chi connectivity index (χ0n) is 18.4. The third-order valence-corrected chi connectivity index (χ3v) is 5.54. The van der Waals surface area contributed by atoms with Crippen molar-refractivity contribution < 1.29 is 14.6 Å². The number of aromatic nitrogens is 2. The van der Waals surface area contributed by atoms with E-state index in [1.807, 2.05) is 24.3 Å². The first-order chi connectivity index (χ1) is 15.7. The van der Waals surface area contributed by atoms with Crippen LogP contribution in [0.5, 0.6) is 5.75 Å². The van der Waals surface area contributed by atoms with Gasteiger partial charge < -0.3 is 35.9 Å². The lowest BCUT2D eigenvalue weighted by Gasteiger charge is -2.25. The Morgan fingerprint density at radius 3 is 2.47 bits per heavy atom. The van der Waals surface area contributed by atoms with Gasteiger partial charge in [-0.2, -0.15) is 0 Å². The molecule has 1 atom stereocenters. The molecular weight excluding hydrogens is 408 g/mol. The molecule has 1 unspecified atom stereocenters. The number of benzene rings is 1. The molecule has 0 bridgehead atoms. The van der Waals surface area contributed by atoms with Gasteiger partial charge in [-0.3, -0.25) is 0 Å². The molecule has 0 amide bonds. The fourth-order valence-corrected chi connectivity index (χ4v) is 3.62. The molecule has 0 spiro atoms. The Labute approximate surface area is 188 Å². The molecule has 9 nitrogen and oxygen atoms in total. The molecule has 5 N–H and O–H groups in total. The van der Waals surface area contributed by atoms with Crippen LogP contribution in [0.15, 0.2) is 24.3 Å². The summed E-state index contributed by atoms with van der Waals surface area (Å²) < 4.78 is 11.2. The lowest BCUT2D eigenvalue weighted by molar-refractivity contribution is 0.0904. The van der Waals surface area contributed by atoms with Crippen molar-refractivity contribution >= 4 is 17.9 Å². The number of anilines is 2. The summed E-state index contributed by atoms with van der Waals surface area (Å²) >= 11 is 0. The van der Waals surface area contributed by atoms with E-state index in [1.54, 1.807) is 7.05 Å². The molecule has 1 aliphatic carbocycles. The summed E-state index contributed by atoms with van der Waals surface area (Å²) in [5, 5.41) is 27.8. The van der Waals surface area contributed by atoms with Gasteiger partial charge in [-0.25, -0.2) is 9.97 Å². The minimum atomic E-state index is -0.587. The Morgan fingerprint density at radius 2 is 1.84 bits per heavy atom. The predicted octanol–water partition coefficient (Wildman–Crippen LogP) is 2.27. The van der Waals surface area contributed by atoms with Crippen LogP contribution in [0.1, 0.15) is 31.2 Å². The van der Waals surface area contributed by atoms with Crippen LogP contribution in [-0.4, -0.2) is 72.9 Å². The second kappa shape index (κ2) is 10.7. The van der Waals surface area contributed by atoms with Crippen molar-refractivity contribution in [2.24, 2.45) is 0 Å². The van der Waals surface area contributed by atoms with Gasteiger partial charge in [0.15, 0.2) is 5.82 Å². The molecule has 9 heteroatoms. The number of hydrogen-bond acceptors (Lipinski definition) is 9. The highest BCUT2D eigenvalue weighted by Crippen LogP contribution is 2.31. The normalized spacial score (nSPS) is 17.6. The van der Waals surface area contributed by atoms with Gasteiger partial charge >= 0.3 is 0 Å². The number of aliphatic hydroxyl groups is 1. The van der Waals surface area contributed by atoms with Crippen LogP contribution in [0.4, 0.5) is 11.6 Å². The van der Waals surface area contributed by atoms with E-state index in [0.717, 1.165) is 44.5 Å². The topological polar surface area (TPSA) is 124 Å². The Bertz CT molecular complexity index is 915.